The third kappa shape index (κ3) is 3.31. The Labute approximate surface area is 164 Å². The Hall–Kier alpha value is -2.73. The number of nitrogens with two attached hydrogens (primary N) is 2. The van der Waals surface area contributed by atoms with Crippen molar-refractivity contribution in [2.24, 2.45) is 16.8 Å². The first-order valence-electron chi connectivity index (χ1n) is 8.91. The smallest absolute Gasteiger partial charge is 0.349 e. The van der Waals surface area contributed by atoms with E-state index in [9.17, 15) is 14.7 Å². The van der Waals surface area contributed by atoms with Gasteiger partial charge < -0.3 is 26.0 Å². The first-order valence-corrected chi connectivity index (χ1v) is 8.91. The zero-order valence-corrected chi connectivity index (χ0v) is 15.8. The molecular weight excluding hydrogens is 389 g/mol. The lowest BCUT2D eigenvalue weighted by atomic mass is 9.93. The van der Waals surface area contributed by atoms with E-state index in [1.165, 1.54) is 12.3 Å². The van der Waals surface area contributed by atoms with Crippen LogP contribution in [0, 0.1) is 5.92 Å². The van der Waals surface area contributed by atoms with Gasteiger partial charge in [-0.2, -0.15) is 4.98 Å². The van der Waals surface area contributed by atoms with E-state index in [1.807, 2.05) is 0 Å². The van der Waals surface area contributed by atoms with E-state index in [2.05, 4.69) is 15.0 Å². The van der Waals surface area contributed by atoms with Crippen molar-refractivity contribution < 1.29 is 23.8 Å². The molecule has 29 heavy (non-hydrogen) atoms. The number of hydrogen-bond donors (Lipinski definition) is 3. The fourth-order valence-electron chi connectivity index (χ4n) is 3.51. The van der Waals surface area contributed by atoms with Gasteiger partial charge in [-0.3, -0.25) is 9.36 Å². The van der Waals surface area contributed by atoms with E-state index >= 15 is 4.39 Å². The summed E-state index contributed by atoms with van der Waals surface area (Å²) >= 11 is 0. The van der Waals surface area contributed by atoms with Crippen LogP contribution in [0.2, 0.25) is 0 Å². The molecule has 5 N–H and O–H groups in total. The molecule has 2 unspecified atom stereocenters. The first-order chi connectivity index (χ1) is 13.6. The molecule has 0 bridgehead atoms. The van der Waals surface area contributed by atoms with Crippen LogP contribution in [0.4, 0.5) is 10.2 Å². The lowest BCUT2D eigenvalue weighted by Crippen LogP contribution is -2.54. The summed E-state index contributed by atoms with van der Waals surface area (Å²) in [6.07, 6.45) is -1.82. The van der Waals surface area contributed by atoms with E-state index in [-0.39, 0.29) is 11.7 Å². The second-order valence-corrected chi connectivity index (χ2v) is 7.59. The van der Waals surface area contributed by atoms with Crippen molar-refractivity contribution in [3.8, 4) is 0 Å². The van der Waals surface area contributed by atoms with Gasteiger partial charge >= 0.3 is 11.7 Å². The highest BCUT2D eigenvalue weighted by Gasteiger charge is 2.83. The molecule has 1 aromatic rings. The van der Waals surface area contributed by atoms with E-state index in [4.69, 9.17) is 26.5 Å². The molecule has 1 aliphatic carbocycles. The van der Waals surface area contributed by atoms with Crippen LogP contribution in [-0.4, -0.2) is 63.3 Å². The number of nitrogens with zero attached hydrogens (tertiary/aromatic N) is 5. The standard InChI is InChI=1S/C16H22FN7O5/c1-7(2)9(19)12(25)28-6-15(5-21-23-20)13(26)16(17)10(11(16)29-15)24-4-3-8(18)22-14(24)27/h3-4,7,9-11,13,26H,5-6,19H2,1-2H3,(H2,18,22,27)/t9?,10?,11-,13+,15+,16+/m0/s1. The quantitative estimate of drug-likeness (QED) is 0.230. The number of hydrogen-bond acceptors (Lipinski definition) is 9. The Bertz CT molecular complexity index is 919. The molecule has 0 aromatic carbocycles. The van der Waals surface area contributed by atoms with Gasteiger partial charge in [-0.15, -0.1) is 0 Å². The number of carbonyl (C=O) groups excluding carboxylic acids is 1. The lowest BCUT2D eigenvalue weighted by Gasteiger charge is -2.34. The fourth-order valence-corrected chi connectivity index (χ4v) is 3.51. The summed E-state index contributed by atoms with van der Waals surface area (Å²) in [5.41, 5.74) is 14.8. The largest absolute Gasteiger partial charge is 0.461 e. The lowest BCUT2D eigenvalue weighted by molar-refractivity contribution is -0.167. The highest BCUT2D eigenvalue weighted by Crippen LogP contribution is 2.64. The van der Waals surface area contributed by atoms with Gasteiger partial charge in [0.05, 0.1) is 6.54 Å². The zero-order chi connectivity index (χ0) is 21.6. The number of aliphatic hydroxyl groups excluding tert-OH is 1. The Morgan fingerprint density at radius 2 is 2.31 bits per heavy atom. The Morgan fingerprint density at radius 1 is 1.62 bits per heavy atom. The minimum atomic E-state index is -2.36. The molecule has 0 radical (unpaired) electrons. The summed E-state index contributed by atoms with van der Waals surface area (Å²) in [6, 6.07) is -0.759. The van der Waals surface area contributed by atoms with Crippen LogP contribution in [0.3, 0.4) is 0 Å². The second kappa shape index (κ2) is 7.26. The summed E-state index contributed by atoms with van der Waals surface area (Å²) in [7, 11) is 0. The number of azide groups is 1. The van der Waals surface area contributed by atoms with Gasteiger partial charge in [-0.1, -0.05) is 19.0 Å². The van der Waals surface area contributed by atoms with E-state index in [1.54, 1.807) is 13.8 Å². The molecule has 1 aromatic heterocycles. The first kappa shape index (κ1) is 21.0. The minimum absolute atomic E-state index is 0.0301. The predicted molar refractivity (Wildman–Crippen MR) is 97.2 cm³/mol. The van der Waals surface area contributed by atoms with Gasteiger partial charge in [0.1, 0.15) is 42.3 Å². The van der Waals surface area contributed by atoms with Crippen molar-refractivity contribution in [2.75, 3.05) is 18.9 Å². The number of esters is 1. The highest BCUT2D eigenvalue weighted by atomic mass is 19.1. The number of nitrogen functional groups attached to an aromatic ring is 1. The molecular formula is C16H22FN7O5. The molecule has 1 saturated heterocycles. The molecule has 2 heterocycles. The maximum atomic E-state index is 15.5. The van der Waals surface area contributed by atoms with Crippen molar-refractivity contribution in [1.82, 2.24) is 9.55 Å². The Morgan fingerprint density at radius 3 is 2.83 bits per heavy atom. The van der Waals surface area contributed by atoms with Crippen LogP contribution >= 0.6 is 0 Å². The van der Waals surface area contributed by atoms with Crippen LogP contribution in [-0.2, 0) is 14.3 Å². The van der Waals surface area contributed by atoms with Crippen molar-refractivity contribution in [3.63, 3.8) is 0 Å². The maximum absolute atomic E-state index is 15.5. The van der Waals surface area contributed by atoms with Crippen molar-refractivity contribution in [1.29, 1.82) is 0 Å². The minimum Gasteiger partial charge on any atom is -0.461 e. The number of halogens is 1. The summed E-state index contributed by atoms with van der Waals surface area (Å²) in [4.78, 5) is 30.2. The third-order valence-electron chi connectivity index (χ3n) is 5.35. The number of anilines is 1. The molecule has 0 spiro atoms. The average molecular weight is 411 g/mol. The van der Waals surface area contributed by atoms with Crippen LogP contribution in [0.1, 0.15) is 19.9 Å². The van der Waals surface area contributed by atoms with Crippen LogP contribution in [0.5, 0.6) is 0 Å². The molecule has 2 fully saturated rings. The van der Waals surface area contributed by atoms with Gasteiger partial charge in [-0.05, 0) is 17.5 Å². The Balaban J connectivity index is 1.82. The molecule has 158 valence electrons. The summed E-state index contributed by atoms with van der Waals surface area (Å²) in [5, 5.41) is 14.1. The van der Waals surface area contributed by atoms with Gasteiger partial charge in [-0.25, -0.2) is 9.18 Å². The number of fused-ring (bicyclic) bond motifs is 1. The number of alkyl halides is 1. The molecule has 1 saturated carbocycles. The third-order valence-corrected chi connectivity index (χ3v) is 5.35. The number of aliphatic hydroxyl groups is 1. The summed E-state index contributed by atoms with van der Waals surface area (Å²) in [5.74, 6) is -1.00. The predicted octanol–water partition coefficient (Wildman–Crippen LogP) is -0.576. The van der Waals surface area contributed by atoms with Gasteiger partial charge in [0.25, 0.3) is 0 Å². The van der Waals surface area contributed by atoms with E-state index in [0.717, 1.165) is 4.57 Å². The van der Waals surface area contributed by atoms with Gasteiger partial charge in [0.15, 0.2) is 5.67 Å². The topological polar surface area (TPSA) is 191 Å². The van der Waals surface area contributed by atoms with Crippen LogP contribution < -0.4 is 17.2 Å². The number of carbonyl (C=O) groups is 1. The normalized spacial score (nSPS) is 33.7. The number of aromatic nitrogens is 2. The highest BCUT2D eigenvalue weighted by molar-refractivity contribution is 5.75. The van der Waals surface area contributed by atoms with Crippen molar-refractivity contribution >= 4 is 11.8 Å². The SMILES string of the molecule is CC(C)C(N)C(=O)OC[C@@]1(CN=[N+]=[N-])O[C@H]2C(n3ccc(N)nc3=O)[C@]2(F)[C@@H]1O. The second-order valence-electron chi connectivity index (χ2n) is 7.59. The average Bonchev–Trinajstić information content (AvgIpc) is 3.18. The Kier molecular flexibility index (Phi) is 5.26. The molecule has 12 nitrogen and oxygen atoms in total. The number of rotatable bonds is 7. The molecule has 1 aliphatic heterocycles. The van der Waals surface area contributed by atoms with Crippen LogP contribution in [0.25, 0.3) is 10.4 Å². The molecule has 3 rings (SSSR count). The summed E-state index contributed by atoms with van der Waals surface area (Å²) < 4.78 is 27.3. The molecule has 0 amide bonds. The van der Waals surface area contributed by atoms with Crippen molar-refractivity contribution in [2.45, 2.75) is 49.4 Å². The maximum Gasteiger partial charge on any atom is 0.349 e. The fraction of sp³-hybridized carbons (Fsp3) is 0.688. The van der Waals surface area contributed by atoms with E-state index in [0.29, 0.717) is 0 Å². The molecule has 2 aliphatic rings. The summed E-state index contributed by atoms with van der Waals surface area (Å²) in [6.45, 7) is 2.38. The van der Waals surface area contributed by atoms with Gasteiger partial charge in [0.2, 0.25) is 0 Å². The van der Waals surface area contributed by atoms with Gasteiger partial charge in [0, 0.05) is 11.1 Å². The monoisotopic (exact) mass is 411 g/mol. The number of ether oxygens (including phenoxy) is 2. The molecule has 13 heteroatoms. The molecule has 6 atom stereocenters. The van der Waals surface area contributed by atoms with Crippen LogP contribution in [0.15, 0.2) is 22.2 Å². The van der Waals surface area contributed by atoms with E-state index < -0.39 is 60.4 Å². The van der Waals surface area contributed by atoms with Crippen molar-refractivity contribution in [3.05, 3.63) is 33.2 Å². The zero-order valence-electron chi connectivity index (χ0n) is 15.8.